The van der Waals surface area contributed by atoms with E-state index in [1.807, 2.05) is 6.20 Å². The fraction of sp³-hybridized carbons (Fsp3) is 0. The van der Waals surface area contributed by atoms with Gasteiger partial charge in [0.2, 0.25) is 0 Å². The number of rotatable bonds is 2. The van der Waals surface area contributed by atoms with Gasteiger partial charge in [-0.1, -0.05) is 127 Å². The van der Waals surface area contributed by atoms with Crippen LogP contribution in [0.5, 0.6) is 0 Å². The molecule has 0 saturated carbocycles. The van der Waals surface area contributed by atoms with Crippen molar-refractivity contribution >= 4 is 87.0 Å². The van der Waals surface area contributed by atoms with Crippen molar-refractivity contribution < 1.29 is 0 Å². The van der Waals surface area contributed by atoms with Gasteiger partial charge in [0.25, 0.3) is 0 Å². The molecule has 48 heavy (non-hydrogen) atoms. The van der Waals surface area contributed by atoms with Gasteiger partial charge in [0.1, 0.15) is 0 Å². The van der Waals surface area contributed by atoms with Crippen LogP contribution >= 0.6 is 0 Å². The summed E-state index contributed by atoms with van der Waals surface area (Å²) in [5, 5.41) is 11.9. The molecule has 0 amide bonds. The number of hydrogen-bond donors (Lipinski definition) is 0. The van der Waals surface area contributed by atoms with E-state index >= 15 is 0 Å². The van der Waals surface area contributed by atoms with E-state index in [9.17, 15) is 0 Å². The highest BCUT2D eigenvalue weighted by Crippen LogP contribution is 2.42. The molecule has 11 rings (SSSR count). The van der Waals surface area contributed by atoms with Crippen molar-refractivity contribution in [2.45, 2.75) is 0 Å². The molecule has 0 fully saturated rings. The van der Waals surface area contributed by atoms with Crippen LogP contribution in [-0.2, 0) is 0 Å². The minimum absolute atomic E-state index is 0.803. The molecule has 0 radical (unpaired) electrons. The van der Waals surface area contributed by atoms with E-state index in [-0.39, 0.29) is 0 Å². The molecule has 8 aromatic carbocycles. The second-order valence-electron chi connectivity index (χ2n) is 12.6. The van der Waals surface area contributed by atoms with E-state index in [0.29, 0.717) is 0 Å². The van der Waals surface area contributed by atoms with Crippen LogP contribution < -0.4 is 0 Å². The summed E-state index contributed by atoms with van der Waals surface area (Å²) in [6.07, 6.45) is 1.96. The van der Waals surface area contributed by atoms with Crippen molar-refractivity contribution in [1.29, 1.82) is 0 Å². The Balaban J connectivity index is 1.33. The highest BCUT2D eigenvalue weighted by Gasteiger charge is 2.22. The van der Waals surface area contributed by atoms with Crippen LogP contribution in [0.3, 0.4) is 0 Å². The lowest BCUT2D eigenvalue weighted by Gasteiger charge is -2.14. The third-order valence-electron chi connectivity index (χ3n) is 10.1. The first-order valence-corrected chi connectivity index (χ1v) is 16.3. The minimum Gasteiger partial charge on any atom is -0.307 e. The Morgan fingerprint density at radius 3 is 1.58 bits per heavy atom. The molecule has 0 bridgehead atoms. The molecule has 0 aliphatic carbocycles. The summed E-state index contributed by atoms with van der Waals surface area (Å²) in [7, 11) is 0. The van der Waals surface area contributed by atoms with Gasteiger partial charge in [0.15, 0.2) is 5.82 Å². The van der Waals surface area contributed by atoms with Crippen LogP contribution in [-0.4, -0.2) is 19.1 Å². The highest BCUT2D eigenvalue weighted by atomic mass is 15.1. The highest BCUT2D eigenvalue weighted by molar-refractivity contribution is 6.25. The summed E-state index contributed by atoms with van der Waals surface area (Å²) in [5.74, 6) is 0.803. The van der Waals surface area contributed by atoms with Gasteiger partial charge in [0, 0.05) is 38.0 Å². The van der Waals surface area contributed by atoms with Gasteiger partial charge in [-0.25, -0.2) is 4.98 Å². The van der Waals surface area contributed by atoms with Crippen LogP contribution in [0.25, 0.3) is 98.5 Å². The largest absolute Gasteiger partial charge is 0.307 e. The zero-order chi connectivity index (χ0) is 31.3. The number of benzene rings is 8. The molecule has 0 aliphatic rings. The maximum Gasteiger partial charge on any atom is 0.157 e. The standard InChI is InChI=1S/C44H26N4/c1-2-12-28-25-29(22-21-27(28)11-1)47-38-19-9-7-15-32(38)36-23-24-37-33-16-8-10-20-39(33)48(44(37)43(36)47)40-26-45-41-34-17-5-3-13-30(34)31-14-4-6-18-35(31)42(41)46-40/h1-26H. The first-order chi connectivity index (χ1) is 23.8. The van der Waals surface area contributed by atoms with E-state index < -0.39 is 0 Å². The predicted octanol–water partition coefficient (Wildman–Crippen LogP) is 11.3. The lowest BCUT2D eigenvalue weighted by molar-refractivity contribution is 1.07. The average molecular weight is 611 g/mol. The predicted molar refractivity (Wildman–Crippen MR) is 201 cm³/mol. The normalized spacial score (nSPS) is 12.2. The SMILES string of the molecule is c1ccc2cc(-n3c4ccccc4c4ccc5c6ccccc6n(-c6cnc7c8ccccc8c8ccccc8c7n6)c5c43)ccc2c1. The molecule has 0 saturated heterocycles. The fourth-order valence-corrected chi connectivity index (χ4v) is 8.04. The molecule has 3 heterocycles. The van der Waals surface area contributed by atoms with Gasteiger partial charge >= 0.3 is 0 Å². The molecule has 3 aromatic heterocycles. The molecule has 0 aliphatic heterocycles. The second-order valence-corrected chi connectivity index (χ2v) is 12.6. The van der Waals surface area contributed by atoms with Crippen molar-refractivity contribution in [3.8, 4) is 11.5 Å². The number of para-hydroxylation sites is 2. The van der Waals surface area contributed by atoms with Gasteiger partial charge in [0.05, 0.1) is 39.3 Å². The van der Waals surface area contributed by atoms with Crippen molar-refractivity contribution in [3.05, 3.63) is 158 Å². The van der Waals surface area contributed by atoms with Gasteiger partial charge in [-0.3, -0.25) is 9.55 Å². The topological polar surface area (TPSA) is 35.6 Å². The molecule has 0 unspecified atom stereocenters. The summed E-state index contributed by atoms with van der Waals surface area (Å²) < 4.78 is 4.77. The minimum atomic E-state index is 0.803. The van der Waals surface area contributed by atoms with Crippen LogP contribution in [0.1, 0.15) is 0 Å². The monoisotopic (exact) mass is 610 g/mol. The van der Waals surface area contributed by atoms with Gasteiger partial charge in [-0.2, -0.15) is 0 Å². The van der Waals surface area contributed by atoms with E-state index in [1.54, 1.807) is 0 Å². The Morgan fingerprint density at radius 1 is 0.375 bits per heavy atom. The molecule has 11 aromatic rings. The molecule has 4 nitrogen and oxygen atoms in total. The number of fused-ring (bicyclic) bond motifs is 14. The molecular weight excluding hydrogens is 585 g/mol. The Kier molecular flexibility index (Phi) is 5.08. The molecular formula is C44H26N4. The van der Waals surface area contributed by atoms with Crippen molar-refractivity contribution in [2.75, 3.05) is 0 Å². The Labute approximate surface area is 274 Å². The third kappa shape index (κ3) is 3.38. The summed E-state index contributed by atoms with van der Waals surface area (Å²) >= 11 is 0. The molecule has 222 valence electrons. The van der Waals surface area contributed by atoms with Crippen LogP contribution in [0.2, 0.25) is 0 Å². The fourth-order valence-electron chi connectivity index (χ4n) is 8.04. The van der Waals surface area contributed by atoms with Crippen molar-refractivity contribution in [2.24, 2.45) is 0 Å². The third-order valence-corrected chi connectivity index (χ3v) is 10.1. The number of hydrogen-bond acceptors (Lipinski definition) is 2. The number of nitrogens with zero attached hydrogens (tertiary/aromatic N) is 4. The molecule has 0 N–H and O–H groups in total. The second kappa shape index (κ2) is 9.50. The Bertz CT molecular complexity index is 3090. The summed E-state index contributed by atoms with van der Waals surface area (Å²) in [5.41, 5.74) is 7.52. The maximum atomic E-state index is 5.49. The van der Waals surface area contributed by atoms with E-state index in [0.717, 1.165) is 49.9 Å². The molecule has 0 spiro atoms. The quantitative estimate of drug-likeness (QED) is 0.183. The first-order valence-electron chi connectivity index (χ1n) is 16.3. The smallest absolute Gasteiger partial charge is 0.157 e. The molecule has 4 heteroatoms. The van der Waals surface area contributed by atoms with Crippen LogP contribution in [0.15, 0.2) is 158 Å². The summed E-state index contributed by atoms with van der Waals surface area (Å²) in [4.78, 5) is 10.7. The van der Waals surface area contributed by atoms with Crippen LogP contribution in [0, 0.1) is 0 Å². The van der Waals surface area contributed by atoms with Crippen molar-refractivity contribution in [1.82, 2.24) is 19.1 Å². The van der Waals surface area contributed by atoms with E-state index in [1.165, 1.54) is 48.6 Å². The first kappa shape index (κ1) is 25.6. The van der Waals surface area contributed by atoms with Gasteiger partial charge < -0.3 is 4.57 Å². The number of aromatic nitrogens is 4. The summed E-state index contributed by atoms with van der Waals surface area (Å²) in [6.45, 7) is 0. The van der Waals surface area contributed by atoms with Gasteiger partial charge in [-0.05, 0) is 45.8 Å². The Hall–Kier alpha value is -6.52. The van der Waals surface area contributed by atoms with Gasteiger partial charge in [-0.15, -0.1) is 0 Å². The average Bonchev–Trinajstić information content (AvgIpc) is 3.68. The summed E-state index contributed by atoms with van der Waals surface area (Å²) in [6, 6.07) is 54.4. The van der Waals surface area contributed by atoms with E-state index in [2.05, 4.69) is 161 Å². The maximum absolute atomic E-state index is 5.49. The zero-order valence-electron chi connectivity index (χ0n) is 25.8. The lowest BCUT2D eigenvalue weighted by atomic mass is 10.00. The molecule has 0 atom stereocenters. The lowest BCUT2D eigenvalue weighted by Crippen LogP contribution is -2.02. The van der Waals surface area contributed by atoms with Crippen molar-refractivity contribution in [3.63, 3.8) is 0 Å². The zero-order valence-corrected chi connectivity index (χ0v) is 25.8. The van der Waals surface area contributed by atoms with E-state index in [4.69, 9.17) is 9.97 Å². The Morgan fingerprint density at radius 2 is 0.896 bits per heavy atom. The van der Waals surface area contributed by atoms with Crippen LogP contribution in [0.4, 0.5) is 0 Å².